The lowest BCUT2D eigenvalue weighted by Crippen LogP contribution is -2.58. The Balaban J connectivity index is 0.00000304. The number of morpholine rings is 1. The standard InChI is InChI=1S/C26H28FN3O5.ClH/c1-15-18(3-4-19-21(15)14-35-26(19)32)25-12-30-6-5-29(10-17(30)13-34-25)11-23(31)20-8-24(33-2)16(9-28)7-22(20)27;/h3-4,7-8,17,23,25,31H,5-6,10-14H2,1-2H3;1H/t17-,23?,25-;/m1./s1. The fraction of sp³-hybridized carbons (Fsp3) is 0.462. The molecule has 10 heteroatoms. The molecule has 1 N–H and O–H groups in total. The topological polar surface area (TPSA) is 95.3 Å². The molecule has 3 atom stereocenters. The highest BCUT2D eigenvalue weighted by molar-refractivity contribution is 5.94. The molecule has 0 spiro atoms. The van der Waals surface area contributed by atoms with Gasteiger partial charge in [-0.2, -0.15) is 5.26 Å². The fourth-order valence-electron chi connectivity index (χ4n) is 5.34. The third-order valence-corrected chi connectivity index (χ3v) is 7.36. The second kappa shape index (κ2) is 10.7. The highest BCUT2D eigenvalue weighted by atomic mass is 35.5. The van der Waals surface area contributed by atoms with Crippen molar-refractivity contribution >= 4 is 18.4 Å². The van der Waals surface area contributed by atoms with Gasteiger partial charge in [0.05, 0.1) is 37.1 Å². The first-order valence-electron chi connectivity index (χ1n) is 11.7. The van der Waals surface area contributed by atoms with Gasteiger partial charge in [-0.1, -0.05) is 6.07 Å². The number of aliphatic hydroxyl groups is 1. The normalized spacial score (nSPS) is 22.6. The number of β-amino-alcohol motifs (C(OH)–C–C–N with tert-alkyl or cyclic N) is 1. The first kappa shape index (κ1) is 26.3. The van der Waals surface area contributed by atoms with E-state index in [0.717, 1.165) is 42.4 Å². The minimum absolute atomic E-state index is 0. The molecular weight excluding hydrogens is 489 g/mol. The van der Waals surface area contributed by atoms with Crippen molar-refractivity contribution < 1.29 is 28.5 Å². The Morgan fingerprint density at radius 3 is 2.86 bits per heavy atom. The Labute approximate surface area is 215 Å². The smallest absolute Gasteiger partial charge is 0.338 e. The number of aliphatic hydroxyl groups excluding tert-OH is 1. The molecule has 1 unspecified atom stereocenters. The minimum atomic E-state index is -1.04. The summed E-state index contributed by atoms with van der Waals surface area (Å²) in [7, 11) is 1.41. The zero-order valence-electron chi connectivity index (χ0n) is 20.2. The summed E-state index contributed by atoms with van der Waals surface area (Å²) in [6.07, 6.45) is -1.12. The quantitative estimate of drug-likeness (QED) is 0.605. The average Bonchev–Trinajstić information content (AvgIpc) is 3.25. The van der Waals surface area contributed by atoms with Crippen LogP contribution in [0.15, 0.2) is 24.3 Å². The van der Waals surface area contributed by atoms with Crippen LogP contribution in [0.1, 0.15) is 50.4 Å². The number of benzene rings is 2. The first-order chi connectivity index (χ1) is 16.9. The predicted octanol–water partition coefficient (Wildman–Crippen LogP) is 2.90. The number of ether oxygens (including phenoxy) is 3. The van der Waals surface area contributed by atoms with Crippen LogP contribution in [0.5, 0.6) is 5.75 Å². The fourth-order valence-corrected chi connectivity index (χ4v) is 5.34. The van der Waals surface area contributed by atoms with Crippen LogP contribution in [0.4, 0.5) is 4.39 Å². The van der Waals surface area contributed by atoms with E-state index in [4.69, 9.17) is 19.5 Å². The molecule has 0 bridgehead atoms. The van der Waals surface area contributed by atoms with Crippen LogP contribution in [-0.4, -0.2) is 73.4 Å². The van der Waals surface area contributed by atoms with Gasteiger partial charge in [-0.15, -0.1) is 12.4 Å². The van der Waals surface area contributed by atoms with E-state index in [0.29, 0.717) is 25.3 Å². The summed E-state index contributed by atoms with van der Waals surface area (Å²) in [4.78, 5) is 16.4. The average molecular weight is 518 g/mol. The van der Waals surface area contributed by atoms with Gasteiger partial charge in [-0.3, -0.25) is 9.80 Å². The molecule has 2 aromatic carbocycles. The maximum atomic E-state index is 14.5. The van der Waals surface area contributed by atoms with Crippen LogP contribution < -0.4 is 4.74 Å². The lowest BCUT2D eigenvalue weighted by atomic mass is 9.94. The van der Waals surface area contributed by atoms with Crippen LogP contribution in [-0.2, 0) is 16.1 Å². The van der Waals surface area contributed by atoms with Crippen molar-refractivity contribution in [3.05, 3.63) is 63.5 Å². The number of halogens is 2. The van der Waals surface area contributed by atoms with Crippen molar-refractivity contribution in [1.82, 2.24) is 9.80 Å². The predicted molar refractivity (Wildman–Crippen MR) is 131 cm³/mol. The van der Waals surface area contributed by atoms with E-state index in [1.807, 2.05) is 25.1 Å². The third kappa shape index (κ3) is 4.80. The molecule has 3 aliphatic rings. The van der Waals surface area contributed by atoms with Gasteiger partial charge in [0.25, 0.3) is 0 Å². The van der Waals surface area contributed by atoms with E-state index in [1.54, 1.807) is 0 Å². The summed E-state index contributed by atoms with van der Waals surface area (Å²) in [5.74, 6) is -0.636. The second-order valence-electron chi connectivity index (χ2n) is 9.31. The van der Waals surface area contributed by atoms with E-state index in [2.05, 4.69) is 9.80 Å². The van der Waals surface area contributed by atoms with Gasteiger partial charge in [0.1, 0.15) is 24.2 Å². The van der Waals surface area contributed by atoms with Gasteiger partial charge in [-0.05, 0) is 36.2 Å². The highest BCUT2D eigenvalue weighted by Crippen LogP contribution is 2.34. The van der Waals surface area contributed by atoms with E-state index in [1.165, 1.54) is 13.2 Å². The Morgan fingerprint density at radius 2 is 2.11 bits per heavy atom. The number of hydrogen-bond acceptors (Lipinski definition) is 8. The monoisotopic (exact) mass is 517 g/mol. The zero-order valence-corrected chi connectivity index (χ0v) is 21.0. The molecule has 3 heterocycles. The van der Waals surface area contributed by atoms with Gasteiger partial charge in [0.15, 0.2) is 0 Å². The molecule has 2 aromatic rings. The molecule has 2 fully saturated rings. The molecule has 2 saturated heterocycles. The van der Waals surface area contributed by atoms with Gasteiger partial charge in [0, 0.05) is 49.9 Å². The molecule has 8 nitrogen and oxygen atoms in total. The van der Waals surface area contributed by atoms with E-state index >= 15 is 0 Å². The molecule has 0 radical (unpaired) electrons. The maximum absolute atomic E-state index is 14.5. The summed E-state index contributed by atoms with van der Waals surface area (Å²) >= 11 is 0. The lowest BCUT2D eigenvalue weighted by molar-refractivity contribution is -0.0940. The number of rotatable bonds is 5. The Hall–Kier alpha value is -2.74. The Morgan fingerprint density at radius 1 is 1.31 bits per heavy atom. The number of fused-ring (bicyclic) bond motifs is 2. The molecule has 0 amide bonds. The Kier molecular flexibility index (Phi) is 7.83. The van der Waals surface area contributed by atoms with Gasteiger partial charge < -0.3 is 19.3 Å². The van der Waals surface area contributed by atoms with Crippen molar-refractivity contribution in [1.29, 1.82) is 5.26 Å². The number of piperazine rings is 1. The van der Waals surface area contributed by atoms with Crippen molar-refractivity contribution in [2.45, 2.75) is 31.8 Å². The number of cyclic esters (lactones) is 1. The summed E-state index contributed by atoms with van der Waals surface area (Å²) in [6, 6.07) is 8.39. The maximum Gasteiger partial charge on any atom is 0.338 e. The van der Waals surface area contributed by atoms with E-state index in [-0.39, 0.29) is 53.9 Å². The number of esters is 1. The molecule has 0 aromatic heterocycles. The minimum Gasteiger partial charge on any atom is -0.495 e. The Bertz CT molecular complexity index is 1200. The van der Waals surface area contributed by atoms with Crippen LogP contribution >= 0.6 is 12.4 Å². The molecule has 0 saturated carbocycles. The highest BCUT2D eigenvalue weighted by Gasteiger charge is 2.36. The molecule has 36 heavy (non-hydrogen) atoms. The molecule has 0 aliphatic carbocycles. The van der Waals surface area contributed by atoms with Crippen molar-refractivity contribution in [3.63, 3.8) is 0 Å². The lowest BCUT2D eigenvalue weighted by Gasteiger charge is -2.46. The number of methoxy groups -OCH3 is 1. The largest absolute Gasteiger partial charge is 0.495 e. The van der Waals surface area contributed by atoms with Crippen LogP contribution in [0.3, 0.4) is 0 Å². The summed E-state index contributed by atoms with van der Waals surface area (Å²) in [5, 5.41) is 19.9. The van der Waals surface area contributed by atoms with Gasteiger partial charge in [0.2, 0.25) is 0 Å². The summed E-state index contributed by atoms with van der Waals surface area (Å²) in [6.45, 7) is 6.14. The van der Waals surface area contributed by atoms with Crippen LogP contribution in [0, 0.1) is 24.1 Å². The summed E-state index contributed by atoms with van der Waals surface area (Å²) < 4.78 is 31.1. The zero-order chi connectivity index (χ0) is 24.7. The first-order valence-corrected chi connectivity index (χ1v) is 11.7. The molecular formula is C26H29ClFN3O5. The number of hydrogen-bond donors (Lipinski definition) is 1. The third-order valence-electron chi connectivity index (χ3n) is 7.36. The molecule has 3 aliphatic heterocycles. The molecule has 5 rings (SSSR count). The van der Waals surface area contributed by atoms with Crippen LogP contribution in [0.25, 0.3) is 0 Å². The van der Waals surface area contributed by atoms with Crippen molar-refractivity contribution in [2.75, 3.05) is 46.4 Å². The second-order valence-corrected chi connectivity index (χ2v) is 9.31. The molecule has 192 valence electrons. The number of carbonyl (C=O) groups excluding carboxylic acids is 1. The van der Waals surface area contributed by atoms with E-state index in [9.17, 15) is 14.3 Å². The number of carbonyl (C=O) groups is 1. The van der Waals surface area contributed by atoms with Gasteiger partial charge >= 0.3 is 5.97 Å². The van der Waals surface area contributed by atoms with Gasteiger partial charge in [-0.25, -0.2) is 9.18 Å². The van der Waals surface area contributed by atoms with Crippen LogP contribution in [0.2, 0.25) is 0 Å². The number of nitriles is 1. The summed E-state index contributed by atoms with van der Waals surface area (Å²) in [5.41, 5.74) is 3.95. The van der Waals surface area contributed by atoms with E-state index < -0.39 is 11.9 Å². The SMILES string of the molecule is COc1cc(C(O)CN2CCN3C[C@H](c4ccc5c(c4C)COC5=O)OC[C@H]3C2)c(F)cc1C#N.Cl. The van der Waals surface area contributed by atoms with Crippen molar-refractivity contribution in [2.24, 2.45) is 0 Å². The van der Waals surface area contributed by atoms with Crippen molar-refractivity contribution in [3.8, 4) is 11.8 Å². The number of nitrogens with zero attached hydrogens (tertiary/aromatic N) is 3.